The first-order chi connectivity index (χ1) is 7.08. The fraction of sp³-hybridized carbons (Fsp3) is 0.333. The second kappa shape index (κ2) is 3.93. The van der Waals surface area contributed by atoms with E-state index in [4.69, 9.17) is 0 Å². The maximum absolute atomic E-state index is 11.5. The summed E-state index contributed by atoms with van der Waals surface area (Å²) in [6.45, 7) is 0. The summed E-state index contributed by atoms with van der Waals surface area (Å²) in [6, 6.07) is -0.169. The third-order valence-electron chi connectivity index (χ3n) is 2.32. The lowest BCUT2D eigenvalue weighted by molar-refractivity contribution is 0.209. The van der Waals surface area contributed by atoms with E-state index in [1.54, 1.807) is 12.2 Å². The van der Waals surface area contributed by atoms with Gasteiger partial charge in [0.15, 0.2) is 0 Å². The first-order valence-electron chi connectivity index (χ1n) is 4.45. The van der Waals surface area contributed by atoms with E-state index in [2.05, 4.69) is 4.98 Å². The van der Waals surface area contributed by atoms with Gasteiger partial charge in [-0.15, -0.1) is 0 Å². The van der Waals surface area contributed by atoms with Crippen molar-refractivity contribution in [3.8, 4) is 0 Å². The zero-order valence-electron chi connectivity index (χ0n) is 7.68. The summed E-state index contributed by atoms with van der Waals surface area (Å²) in [5.41, 5.74) is -0.816. The van der Waals surface area contributed by atoms with Crippen LogP contribution < -0.4 is 11.2 Å². The van der Waals surface area contributed by atoms with Crippen molar-refractivity contribution in [3.05, 3.63) is 42.8 Å². The van der Waals surface area contributed by atoms with Gasteiger partial charge in [-0.2, -0.15) is 0 Å². The van der Waals surface area contributed by atoms with E-state index >= 15 is 0 Å². The second-order valence-electron chi connectivity index (χ2n) is 3.40. The molecule has 0 radical (unpaired) electrons. The maximum atomic E-state index is 11.5. The third kappa shape index (κ3) is 2.05. The molecular formula is C9H9IN2O3. The molecule has 0 saturated carbocycles. The number of aromatic nitrogens is 2. The molecule has 2 atom stereocenters. The van der Waals surface area contributed by atoms with Crippen LogP contribution in [-0.4, -0.2) is 20.8 Å². The Morgan fingerprint density at radius 1 is 1.47 bits per heavy atom. The normalized spacial score (nSPS) is 24.7. The summed E-state index contributed by atoms with van der Waals surface area (Å²) in [4.78, 5) is 24.8. The Kier molecular flexibility index (Phi) is 2.79. The fourth-order valence-electron chi connectivity index (χ4n) is 1.57. The van der Waals surface area contributed by atoms with Crippen molar-refractivity contribution in [1.29, 1.82) is 0 Å². The van der Waals surface area contributed by atoms with Crippen molar-refractivity contribution in [2.45, 2.75) is 18.6 Å². The number of rotatable bonds is 1. The Hall–Kier alpha value is -0.890. The molecule has 5 nitrogen and oxygen atoms in total. The van der Waals surface area contributed by atoms with Gasteiger partial charge in [0, 0.05) is 12.6 Å². The van der Waals surface area contributed by atoms with Crippen molar-refractivity contribution in [2.75, 3.05) is 0 Å². The van der Waals surface area contributed by atoms with Crippen molar-refractivity contribution >= 4 is 22.6 Å². The van der Waals surface area contributed by atoms with Gasteiger partial charge in [0.1, 0.15) is 0 Å². The van der Waals surface area contributed by atoms with Gasteiger partial charge in [-0.25, -0.2) is 4.79 Å². The van der Waals surface area contributed by atoms with E-state index in [0.29, 0.717) is 9.99 Å². The number of hydrogen-bond donors (Lipinski definition) is 2. The van der Waals surface area contributed by atoms with Crippen LogP contribution in [-0.2, 0) is 0 Å². The van der Waals surface area contributed by atoms with Crippen molar-refractivity contribution < 1.29 is 5.11 Å². The number of nitrogens with one attached hydrogen (secondary N) is 1. The van der Waals surface area contributed by atoms with E-state index in [0.717, 1.165) is 0 Å². The molecule has 1 aromatic heterocycles. The van der Waals surface area contributed by atoms with Crippen LogP contribution in [0.2, 0.25) is 0 Å². The van der Waals surface area contributed by atoms with E-state index in [1.165, 1.54) is 10.8 Å². The Labute approximate surface area is 98.6 Å². The summed E-state index contributed by atoms with van der Waals surface area (Å²) in [5, 5.41) is 9.30. The molecule has 2 rings (SSSR count). The van der Waals surface area contributed by atoms with Crippen LogP contribution >= 0.6 is 22.6 Å². The van der Waals surface area contributed by atoms with Crippen molar-refractivity contribution in [3.63, 3.8) is 0 Å². The zero-order valence-corrected chi connectivity index (χ0v) is 9.84. The molecule has 1 heterocycles. The number of halogens is 1. The molecule has 1 aromatic rings. The average molecular weight is 320 g/mol. The van der Waals surface area contributed by atoms with Gasteiger partial charge < -0.3 is 5.11 Å². The third-order valence-corrected chi connectivity index (χ3v) is 3.09. The van der Waals surface area contributed by atoms with Gasteiger partial charge in [-0.05, 0) is 22.6 Å². The molecule has 0 unspecified atom stereocenters. The molecule has 15 heavy (non-hydrogen) atoms. The van der Waals surface area contributed by atoms with Crippen LogP contribution in [0.15, 0.2) is 27.9 Å². The van der Waals surface area contributed by atoms with E-state index < -0.39 is 11.8 Å². The van der Waals surface area contributed by atoms with Crippen LogP contribution in [0.4, 0.5) is 0 Å². The smallest absolute Gasteiger partial charge is 0.328 e. The lowest BCUT2D eigenvalue weighted by atomic mass is 10.2. The molecule has 0 saturated heterocycles. The second-order valence-corrected chi connectivity index (χ2v) is 4.56. The Morgan fingerprint density at radius 2 is 2.20 bits per heavy atom. The number of H-pyrrole nitrogens is 1. The van der Waals surface area contributed by atoms with Gasteiger partial charge in [-0.3, -0.25) is 14.3 Å². The Balaban J connectivity index is 2.46. The molecule has 0 fully saturated rings. The largest absolute Gasteiger partial charge is 0.389 e. The van der Waals surface area contributed by atoms with E-state index in [9.17, 15) is 14.7 Å². The van der Waals surface area contributed by atoms with Crippen molar-refractivity contribution in [1.82, 2.24) is 9.55 Å². The van der Waals surface area contributed by atoms with Gasteiger partial charge in [0.2, 0.25) is 0 Å². The highest BCUT2D eigenvalue weighted by Gasteiger charge is 2.19. The van der Waals surface area contributed by atoms with Crippen LogP contribution in [0.3, 0.4) is 0 Å². The maximum Gasteiger partial charge on any atom is 0.328 e. The Bertz CT molecular complexity index is 517. The summed E-state index contributed by atoms with van der Waals surface area (Å²) in [6.07, 6.45) is 4.89. The van der Waals surface area contributed by atoms with Crippen molar-refractivity contribution in [2.24, 2.45) is 0 Å². The quantitative estimate of drug-likeness (QED) is 0.565. The molecule has 6 heteroatoms. The molecule has 0 spiro atoms. The standard InChI is InChI=1S/C9H9IN2O3/c10-7-4-12(9(15)11-8(7)14)5-1-2-6(13)3-5/h1-2,4-6,13H,3H2,(H,11,14,15)/t5-,6+/m0/s1. The van der Waals surface area contributed by atoms with Crippen LogP contribution in [0.25, 0.3) is 0 Å². The highest BCUT2D eigenvalue weighted by atomic mass is 127. The molecule has 80 valence electrons. The van der Waals surface area contributed by atoms with Crippen LogP contribution in [0.5, 0.6) is 0 Å². The highest BCUT2D eigenvalue weighted by Crippen LogP contribution is 2.21. The highest BCUT2D eigenvalue weighted by molar-refractivity contribution is 14.1. The van der Waals surface area contributed by atoms with E-state index in [1.807, 2.05) is 22.6 Å². The molecule has 0 aliphatic heterocycles. The number of allylic oxidation sites excluding steroid dienone is 1. The topological polar surface area (TPSA) is 75.1 Å². The van der Waals surface area contributed by atoms with E-state index in [-0.39, 0.29) is 11.6 Å². The first kappa shape index (κ1) is 10.6. The summed E-state index contributed by atoms with van der Waals surface area (Å²) in [7, 11) is 0. The summed E-state index contributed by atoms with van der Waals surface area (Å²) < 4.78 is 1.89. The van der Waals surface area contributed by atoms with Gasteiger partial charge in [0.05, 0.1) is 15.7 Å². The summed E-state index contributed by atoms with van der Waals surface area (Å²) >= 11 is 1.87. The lowest BCUT2D eigenvalue weighted by Gasteiger charge is -2.12. The number of aliphatic hydroxyl groups excluding tert-OH is 1. The molecule has 1 aliphatic carbocycles. The molecule has 1 aliphatic rings. The monoisotopic (exact) mass is 320 g/mol. The van der Waals surface area contributed by atoms with Gasteiger partial charge in [-0.1, -0.05) is 12.2 Å². The molecule has 0 bridgehead atoms. The summed E-state index contributed by atoms with van der Waals surface area (Å²) in [5.74, 6) is 0. The predicted octanol–water partition coefficient (Wildman–Crippen LogP) is 0.00310. The lowest BCUT2D eigenvalue weighted by Crippen LogP contribution is -2.32. The van der Waals surface area contributed by atoms with Gasteiger partial charge >= 0.3 is 5.69 Å². The molecular weight excluding hydrogens is 311 g/mol. The minimum atomic E-state index is -0.508. The number of aliphatic hydroxyl groups is 1. The SMILES string of the molecule is O=c1[nH]c(=O)n([C@H]2C=C[C@@H](O)C2)cc1I. The van der Waals surface area contributed by atoms with Crippen LogP contribution in [0, 0.1) is 3.57 Å². The predicted molar refractivity (Wildman–Crippen MR) is 62.8 cm³/mol. The minimum Gasteiger partial charge on any atom is -0.389 e. The zero-order chi connectivity index (χ0) is 11.0. The fourth-order valence-corrected chi connectivity index (χ4v) is 2.01. The molecule has 0 amide bonds. The average Bonchev–Trinajstić information content (AvgIpc) is 2.58. The first-order valence-corrected chi connectivity index (χ1v) is 5.53. The number of aromatic amines is 1. The number of nitrogens with zero attached hydrogens (tertiary/aromatic N) is 1. The van der Waals surface area contributed by atoms with Crippen LogP contribution in [0.1, 0.15) is 12.5 Å². The number of hydrogen-bond acceptors (Lipinski definition) is 3. The Morgan fingerprint density at radius 3 is 2.80 bits per heavy atom. The molecule has 2 N–H and O–H groups in total. The minimum absolute atomic E-state index is 0.169. The van der Waals surface area contributed by atoms with Gasteiger partial charge in [0.25, 0.3) is 5.56 Å². The molecule has 0 aromatic carbocycles.